The second kappa shape index (κ2) is 3.62. The predicted octanol–water partition coefficient (Wildman–Crippen LogP) is 1.41. The van der Waals surface area contributed by atoms with Crippen molar-refractivity contribution in [2.45, 2.75) is 24.8 Å². The summed E-state index contributed by atoms with van der Waals surface area (Å²) in [5.41, 5.74) is 3.39. The molecular weight excluding hydrogens is 184 g/mol. The zero-order chi connectivity index (χ0) is 10.1. The van der Waals surface area contributed by atoms with Crippen LogP contribution in [0.15, 0.2) is 24.3 Å². The molecule has 1 aromatic carbocycles. The minimum absolute atomic E-state index is 0.278. The average Bonchev–Trinajstić information content (AvgIpc) is 2.31. The van der Waals surface area contributed by atoms with Gasteiger partial charge in [-0.25, -0.2) is 0 Å². The van der Waals surface area contributed by atoms with E-state index < -0.39 is 0 Å². The molecule has 3 rings (SSSR count). The van der Waals surface area contributed by atoms with E-state index in [1.807, 2.05) is 0 Å². The van der Waals surface area contributed by atoms with Crippen LogP contribution in [-0.2, 0) is 12.0 Å². The second-order valence-electron chi connectivity index (χ2n) is 4.67. The molecule has 1 aromatic rings. The van der Waals surface area contributed by atoms with Crippen molar-refractivity contribution in [3.05, 3.63) is 35.4 Å². The SMILES string of the molecule is c1ccc2c(c1)CCNC21CCNCC1. The smallest absolute Gasteiger partial charge is 0.0461 e. The molecule has 0 saturated carbocycles. The Morgan fingerprint density at radius 1 is 1.00 bits per heavy atom. The Bertz CT molecular complexity index is 353. The molecule has 2 N–H and O–H groups in total. The number of hydrogen-bond acceptors (Lipinski definition) is 2. The third-order valence-corrected chi connectivity index (χ3v) is 3.85. The van der Waals surface area contributed by atoms with E-state index in [4.69, 9.17) is 0 Å². The van der Waals surface area contributed by atoms with Crippen LogP contribution in [-0.4, -0.2) is 19.6 Å². The Kier molecular flexibility index (Phi) is 2.26. The molecule has 2 aliphatic heterocycles. The van der Waals surface area contributed by atoms with Gasteiger partial charge in [0.1, 0.15) is 0 Å². The molecule has 0 amide bonds. The molecule has 15 heavy (non-hydrogen) atoms. The van der Waals surface area contributed by atoms with Gasteiger partial charge in [0, 0.05) is 12.1 Å². The van der Waals surface area contributed by atoms with Crippen LogP contribution in [0.4, 0.5) is 0 Å². The first kappa shape index (κ1) is 9.37. The number of piperidine rings is 1. The summed E-state index contributed by atoms with van der Waals surface area (Å²) in [5, 5.41) is 7.20. The monoisotopic (exact) mass is 202 g/mol. The fourth-order valence-electron chi connectivity index (χ4n) is 3.04. The molecule has 2 heteroatoms. The normalized spacial score (nSPS) is 23.7. The number of rotatable bonds is 0. The van der Waals surface area contributed by atoms with Crippen LogP contribution in [0, 0.1) is 0 Å². The highest BCUT2D eigenvalue weighted by Crippen LogP contribution is 2.35. The Labute approximate surface area is 91.1 Å². The molecule has 80 valence electrons. The van der Waals surface area contributed by atoms with Crippen LogP contribution >= 0.6 is 0 Å². The number of benzene rings is 1. The summed E-state index contributed by atoms with van der Waals surface area (Å²) in [6.07, 6.45) is 3.64. The Hall–Kier alpha value is -0.860. The van der Waals surface area contributed by atoms with Gasteiger partial charge in [0.25, 0.3) is 0 Å². The fraction of sp³-hybridized carbons (Fsp3) is 0.538. The highest BCUT2D eigenvalue weighted by Gasteiger charge is 2.36. The molecule has 1 saturated heterocycles. The second-order valence-corrected chi connectivity index (χ2v) is 4.67. The van der Waals surface area contributed by atoms with E-state index in [9.17, 15) is 0 Å². The molecule has 2 aliphatic rings. The number of hydrogen-bond donors (Lipinski definition) is 2. The molecule has 0 unspecified atom stereocenters. The lowest BCUT2D eigenvalue weighted by molar-refractivity contribution is 0.235. The van der Waals surface area contributed by atoms with E-state index in [1.165, 1.54) is 19.3 Å². The van der Waals surface area contributed by atoms with Crippen molar-refractivity contribution >= 4 is 0 Å². The van der Waals surface area contributed by atoms with Crippen LogP contribution in [0.2, 0.25) is 0 Å². The number of fused-ring (bicyclic) bond motifs is 2. The molecular formula is C13H18N2. The van der Waals surface area contributed by atoms with E-state index in [1.54, 1.807) is 11.1 Å². The van der Waals surface area contributed by atoms with E-state index in [-0.39, 0.29) is 5.54 Å². The average molecular weight is 202 g/mol. The van der Waals surface area contributed by atoms with Crippen molar-refractivity contribution < 1.29 is 0 Å². The highest BCUT2D eigenvalue weighted by atomic mass is 15.0. The fourth-order valence-corrected chi connectivity index (χ4v) is 3.04. The Morgan fingerprint density at radius 2 is 1.80 bits per heavy atom. The van der Waals surface area contributed by atoms with E-state index in [2.05, 4.69) is 34.9 Å². The van der Waals surface area contributed by atoms with Gasteiger partial charge >= 0.3 is 0 Å². The van der Waals surface area contributed by atoms with Gasteiger partial charge in [0.2, 0.25) is 0 Å². The maximum absolute atomic E-state index is 3.75. The lowest BCUT2D eigenvalue weighted by Gasteiger charge is -2.43. The quantitative estimate of drug-likeness (QED) is 0.664. The lowest BCUT2D eigenvalue weighted by Crippen LogP contribution is -2.53. The molecule has 1 spiro atoms. The van der Waals surface area contributed by atoms with Gasteiger partial charge in [-0.1, -0.05) is 24.3 Å². The minimum Gasteiger partial charge on any atom is -0.317 e. The standard InChI is InChI=1S/C13H18N2/c1-2-4-12-11(3-1)5-8-15-13(12)6-9-14-10-7-13/h1-4,14-15H,5-10H2. The highest BCUT2D eigenvalue weighted by molar-refractivity contribution is 5.36. The van der Waals surface area contributed by atoms with Crippen molar-refractivity contribution in [3.8, 4) is 0 Å². The van der Waals surface area contributed by atoms with Gasteiger partial charge in [-0.3, -0.25) is 0 Å². The van der Waals surface area contributed by atoms with Crippen LogP contribution < -0.4 is 10.6 Å². The first-order chi connectivity index (χ1) is 7.41. The van der Waals surface area contributed by atoms with Crippen LogP contribution in [0.25, 0.3) is 0 Å². The zero-order valence-corrected chi connectivity index (χ0v) is 9.05. The minimum atomic E-state index is 0.278. The summed E-state index contributed by atoms with van der Waals surface area (Å²) in [7, 11) is 0. The first-order valence-electron chi connectivity index (χ1n) is 5.95. The van der Waals surface area contributed by atoms with Gasteiger partial charge in [0.15, 0.2) is 0 Å². The third kappa shape index (κ3) is 1.48. The molecule has 2 heterocycles. The van der Waals surface area contributed by atoms with Crippen molar-refractivity contribution in [1.29, 1.82) is 0 Å². The third-order valence-electron chi connectivity index (χ3n) is 3.85. The summed E-state index contributed by atoms with van der Waals surface area (Å²) >= 11 is 0. The summed E-state index contributed by atoms with van der Waals surface area (Å²) in [4.78, 5) is 0. The lowest BCUT2D eigenvalue weighted by atomic mass is 9.76. The zero-order valence-electron chi connectivity index (χ0n) is 9.05. The number of nitrogens with one attached hydrogen (secondary N) is 2. The van der Waals surface area contributed by atoms with Crippen LogP contribution in [0.5, 0.6) is 0 Å². The summed E-state index contributed by atoms with van der Waals surface area (Å²) in [6, 6.07) is 8.95. The maximum Gasteiger partial charge on any atom is 0.0461 e. The molecule has 0 aliphatic carbocycles. The van der Waals surface area contributed by atoms with E-state index in [0.717, 1.165) is 19.6 Å². The van der Waals surface area contributed by atoms with Gasteiger partial charge < -0.3 is 10.6 Å². The van der Waals surface area contributed by atoms with Crippen LogP contribution in [0.3, 0.4) is 0 Å². The largest absolute Gasteiger partial charge is 0.317 e. The van der Waals surface area contributed by atoms with Crippen molar-refractivity contribution in [2.75, 3.05) is 19.6 Å². The molecule has 2 nitrogen and oxygen atoms in total. The van der Waals surface area contributed by atoms with Crippen molar-refractivity contribution in [3.63, 3.8) is 0 Å². The molecule has 0 aromatic heterocycles. The molecule has 0 bridgehead atoms. The summed E-state index contributed by atoms with van der Waals surface area (Å²) in [5.74, 6) is 0. The maximum atomic E-state index is 3.75. The Balaban J connectivity index is 2.04. The van der Waals surface area contributed by atoms with Gasteiger partial charge in [-0.15, -0.1) is 0 Å². The molecule has 0 atom stereocenters. The molecule has 1 fully saturated rings. The molecule has 0 radical (unpaired) electrons. The van der Waals surface area contributed by atoms with Crippen molar-refractivity contribution in [1.82, 2.24) is 10.6 Å². The summed E-state index contributed by atoms with van der Waals surface area (Å²) < 4.78 is 0. The van der Waals surface area contributed by atoms with E-state index >= 15 is 0 Å². The predicted molar refractivity (Wildman–Crippen MR) is 61.9 cm³/mol. The Morgan fingerprint density at radius 3 is 2.67 bits per heavy atom. The van der Waals surface area contributed by atoms with Crippen molar-refractivity contribution in [2.24, 2.45) is 0 Å². The topological polar surface area (TPSA) is 24.1 Å². The van der Waals surface area contributed by atoms with Gasteiger partial charge in [0.05, 0.1) is 0 Å². The van der Waals surface area contributed by atoms with Gasteiger partial charge in [-0.05, 0) is 43.5 Å². The first-order valence-corrected chi connectivity index (χ1v) is 5.95. The van der Waals surface area contributed by atoms with E-state index in [0.29, 0.717) is 0 Å². The summed E-state index contributed by atoms with van der Waals surface area (Å²) in [6.45, 7) is 3.42. The van der Waals surface area contributed by atoms with Crippen LogP contribution in [0.1, 0.15) is 24.0 Å². The van der Waals surface area contributed by atoms with Gasteiger partial charge in [-0.2, -0.15) is 0 Å².